The number of nitrogens with one attached hydrogen (secondary N) is 1. The summed E-state index contributed by atoms with van der Waals surface area (Å²) in [5, 5.41) is 6.02. The fourth-order valence-corrected chi connectivity index (χ4v) is 4.10. The number of anilines is 1. The van der Waals surface area contributed by atoms with Gasteiger partial charge in [0.25, 0.3) is 0 Å². The summed E-state index contributed by atoms with van der Waals surface area (Å²) in [7, 11) is 1.63. The van der Waals surface area contributed by atoms with E-state index in [0.717, 1.165) is 53.8 Å². The van der Waals surface area contributed by atoms with Crippen LogP contribution in [0.25, 0.3) is 10.8 Å². The van der Waals surface area contributed by atoms with Crippen LogP contribution in [0.3, 0.4) is 0 Å². The van der Waals surface area contributed by atoms with Crippen LogP contribution in [0.1, 0.15) is 18.4 Å². The van der Waals surface area contributed by atoms with E-state index in [1.165, 1.54) is 0 Å². The molecule has 1 aromatic heterocycles. The Kier molecular flexibility index (Phi) is 5.86. The molecule has 2 aromatic carbocycles. The lowest BCUT2D eigenvalue weighted by molar-refractivity contribution is -0.131. The minimum atomic E-state index is 0.139. The Morgan fingerprint density at radius 3 is 2.69 bits per heavy atom. The maximum Gasteiger partial charge on any atom is 0.227 e. The number of halogens is 1. The predicted octanol–water partition coefficient (Wildman–Crippen LogP) is 4.54. The molecule has 0 saturated carbocycles. The molecule has 0 radical (unpaired) electrons. The van der Waals surface area contributed by atoms with Gasteiger partial charge >= 0.3 is 0 Å². The highest BCUT2D eigenvalue weighted by Gasteiger charge is 2.23. The lowest BCUT2D eigenvalue weighted by atomic mass is 10.0. The van der Waals surface area contributed by atoms with E-state index in [1.807, 2.05) is 59.5 Å². The third kappa shape index (κ3) is 4.46. The smallest absolute Gasteiger partial charge is 0.227 e. The van der Waals surface area contributed by atoms with E-state index in [-0.39, 0.29) is 11.9 Å². The van der Waals surface area contributed by atoms with Crippen LogP contribution in [-0.2, 0) is 11.2 Å². The maximum atomic E-state index is 12.7. The molecule has 0 unspecified atom stereocenters. The molecule has 6 heteroatoms. The number of hydrogen-bond donors (Lipinski definition) is 1. The minimum absolute atomic E-state index is 0.139. The molecule has 1 amide bonds. The first kappa shape index (κ1) is 19.5. The van der Waals surface area contributed by atoms with Crippen molar-refractivity contribution in [2.75, 3.05) is 25.5 Å². The highest BCUT2D eigenvalue weighted by atomic mass is 35.5. The number of carbonyl (C=O) groups is 1. The number of aromatic nitrogens is 1. The number of nitrogens with zero attached hydrogens (tertiary/aromatic N) is 2. The quantitative estimate of drug-likeness (QED) is 0.628. The number of hydrogen-bond acceptors (Lipinski definition) is 4. The highest BCUT2D eigenvalue weighted by Crippen LogP contribution is 2.26. The molecule has 3 aromatic rings. The summed E-state index contributed by atoms with van der Waals surface area (Å²) in [6.45, 7) is 1.46. The van der Waals surface area contributed by atoms with Crippen molar-refractivity contribution in [3.8, 4) is 5.75 Å². The molecule has 1 N–H and O–H groups in total. The number of rotatable bonds is 5. The Hall–Kier alpha value is -2.79. The molecule has 1 saturated heterocycles. The molecule has 0 spiro atoms. The fraction of sp³-hybridized carbons (Fsp3) is 0.304. The number of fused-ring (bicyclic) bond motifs is 1. The number of likely N-dealkylation sites (tertiary alicyclic amines) is 1. The molecule has 4 rings (SSSR count). The second-order valence-electron chi connectivity index (χ2n) is 7.31. The van der Waals surface area contributed by atoms with Crippen molar-refractivity contribution in [2.24, 2.45) is 0 Å². The Balaban J connectivity index is 1.35. The van der Waals surface area contributed by atoms with Gasteiger partial charge in [-0.25, -0.2) is 4.98 Å². The molecule has 2 heterocycles. The zero-order valence-electron chi connectivity index (χ0n) is 16.4. The summed E-state index contributed by atoms with van der Waals surface area (Å²) in [5.41, 5.74) is 0.926. The summed E-state index contributed by atoms with van der Waals surface area (Å²) in [6, 6.07) is 17.9. The predicted molar refractivity (Wildman–Crippen MR) is 117 cm³/mol. The van der Waals surface area contributed by atoms with Gasteiger partial charge in [0.1, 0.15) is 16.7 Å². The van der Waals surface area contributed by atoms with Crippen LogP contribution in [0.2, 0.25) is 5.15 Å². The van der Waals surface area contributed by atoms with Gasteiger partial charge in [-0.3, -0.25) is 4.79 Å². The van der Waals surface area contributed by atoms with Crippen LogP contribution in [0.5, 0.6) is 5.75 Å². The van der Waals surface area contributed by atoms with Crippen molar-refractivity contribution in [1.29, 1.82) is 0 Å². The van der Waals surface area contributed by atoms with Crippen molar-refractivity contribution in [3.63, 3.8) is 0 Å². The summed E-state index contributed by atoms with van der Waals surface area (Å²) < 4.78 is 5.36. The normalized spacial score (nSPS) is 14.8. The number of piperidine rings is 1. The molecular formula is C23H24ClN3O2. The van der Waals surface area contributed by atoms with E-state index >= 15 is 0 Å². The molecule has 1 aliphatic heterocycles. The first-order valence-electron chi connectivity index (χ1n) is 9.85. The summed E-state index contributed by atoms with van der Waals surface area (Å²) in [4.78, 5) is 19.1. The van der Waals surface area contributed by atoms with Crippen molar-refractivity contribution >= 4 is 34.1 Å². The van der Waals surface area contributed by atoms with E-state index in [2.05, 4.69) is 10.3 Å². The van der Waals surface area contributed by atoms with Gasteiger partial charge in [0.05, 0.1) is 13.5 Å². The van der Waals surface area contributed by atoms with Crippen LogP contribution in [0, 0.1) is 0 Å². The molecular weight excluding hydrogens is 386 g/mol. The van der Waals surface area contributed by atoms with Crippen LogP contribution in [0.15, 0.2) is 54.6 Å². The number of pyridine rings is 1. The lowest BCUT2D eigenvalue weighted by Crippen LogP contribution is -2.43. The molecule has 5 nitrogen and oxygen atoms in total. The third-order valence-electron chi connectivity index (χ3n) is 5.43. The lowest BCUT2D eigenvalue weighted by Gasteiger charge is -2.33. The number of ether oxygens (including phenoxy) is 1. The van der Waals surface area contributed by atoms with Crippen LogP contribution in [-0.4, -0.2) is 42.0 Å². The second-order valence-corrected chi connectivity index (χ2v) is 7.67. The van der Waals surface area contributed by atoms with Crippen molar-refractivity contribution in [3.05, 3.63) is 65.3 Å². The zero-order chi connectivity index (χ0) is 20.2. The van der Waals surface area contributed by atoms with Gasteiger partial charge in [0, 0.05) is 30.1 Å². The van der Waals surface area contributed by atoms with Gasteiger partial charge in [0.2, 0.25) is 5.91 Å². The maximum absolute atomic E-state index is 12.7. The van der Waals surface area contributed by atoms with Crippen LogP contribution in [0.4, 0.5) is 5.82 Å². The fourth-order valence-electron chi connectivity index (χ4n) is 3.84. The molecule has 150 valence electrons. The minimum Gasteiger partial charge on any atom is -0.496 e. The Labute approximate surface area is 175 Å². The van der Waals surface area contributed by atoms with Crippen LogP contribution < -0.4 is 10.1 Å². The van der Waals surface area contributed by atoms with E-state index < -0.39 is 0 Å². The second kappa shape index (κ2) is 8.70. The molecule has 1 fully saturated rings. The van der Waals surface area contributed by atoms with Gasteiger partial charge in [0.15, 0.2) is 0 Å². The Morgan fingerprint density at radius 2 is 1.90 bits per heavy atom. The molecule has 0 atom stereocenters. The Bertz CT molecular complexity index is 1020. The first-order chi connectivity index (χ1) is 14.1. The van der Waals surface area contributed by atoms with Gasteiger partial charge in [-0.15, -0.1) is 0 Å². The Morgan fingerprint density at radius 1 is 1.17 bits per heavy atom. The number of amides is 1. The van der Waals surface area contributed by atoms with E-state index in [4.69, 9.17) is 16.3 Å². The summed E-state index contributed by atoms with van der Waals surface area (Å²) in [6.07, 6.45) is 2.12. The number of methoxy groups -OCH3 is 1. The average molecular weight is 410 g/mol. The van der Waals surface area contributed by atoms with Gasteiger partial charge in [-0.05, 0) is 30.4 Å². The molecule has 1 aliphatic rings. The first-order valence-corrected chi connectivity index (χ1v) is 10.2. The van der Waals surface area contributed by atoms with Crippen LogP contribution >= 0.6 is 11.6 Å². The number of para-hydroxylation sites is 1. The number of carbonyl (C=O) groups excluding carboxylic acids is 1. The SMILES string of the molecule is COc1ccccc1CC(=O)N1CCC(Nc2cc3ccccc3c(Cl)n2)CC1. The average Bonchev–Trinajstić information content (AvgIpc) is 2.74. The van der Waals surface area contributed by atoms with Gasteiger partial charge < -0.3 is 15.0 Å². The van der Waals surface area contributed by atoms with Gasteiger partial charge in [-0.2, -0.15) is 0 Å². The molecule has 0 aliphatic carbocycles. The van der Waals surface area contributed by atoms with E-state index in [0.29, 0.717) is 11.6 Å². The summed E-state index contributed by atoms with van der Waals surface area (Å²) >= 11 is 6.33. The van der Waals surface area contributed by atoms with E-state index in [1.54, 1.807) is 7.11 Å². The van der Waals surface area contributed by atoms with Gasteiger partial charge in [-0.1, -0.05) is 54.1 Å². The summed E-state index contributed by atoms with van der Waals surface area (Å²) in [5.74, 6) is 1.68. The van der Waals surface area contributed by atoms with Crippen molar-refractivity contribution < 1.29 is 9.53 Å². The standard InChI is InChI=1S/C23H24ClN3O2/c1-29-20-9-5-3-7-17(20)15-22(28)27-12-10-18(11-13-27)25-21-14-16-6-2-4-8-19(16)23(24)26-21/h2-9,14,18H,10-13,15H2,1H3,(H,25,26). The monoisotopic (exact) mass is 409 g/mol. The topological polar surface area (TPSA) is 54.5 Å². The number of benzene rings is 2. The van der Waals surface area contributed by atoms with Crippen molar-refractivity contribution in [2.45, 2.75) is 25.3 Å². The largest absolute Gasteiger partial charge is 0.496 e. The van der Waals surface area contributed by atoms with Crippen molar-refractivity contribution in [1.82, 2.24) is 9.88 Å². The third-order valence-corrected chi connectivity index (χ3v) is 5.72. The van der Waals surface area contributed by atoms with E-state index in [9.17, 15) is 4.79 Å². The zero-order valence-corrected chi connectivity index (χ0v) is 17.2. The molecule has 0 bridgehead atoms. The molecule has 29 heavy (non-hydrogen) atoms. The highest BCUT2D eigenvalue weighted by molar-refractivity contribution is 6.34.